The highest BCUT2D eigenvalue weighted by atomic mass is 19.2. The van der Waals surface area contributed by atoms with Crippen molar-refractivity contribution in [2.24, 2.45) is 0 Å². The Morgan fingerprint density at radius 2 is 0.742 bits per heavy atom. The fourth-order valence-corrected chi connectivity index (χ4v) is 2.80. The van der Waals surface area contributed by atoms with E-state index in [1.54, 1.807) is 0 Å². The van der Waals surface area contributed by atoms with Crippen LogP contribution < -0.4 is 0 Å². The minimum Gasteiger partial charge on any atom is -0.507 e. The largest absolute Gasteiger partial charge is 0.507 e. The summed E-state index contributed by atoms with van der Waals surface area (Å²) in [6.07, 6.45) is 0. The molecule has 0 aliphatic heterocycles. The summed E-state index contributed by atoms with van der Waals surface area (Å²) in [5.74, 6) is -31.2. The van der Waals surface area contributed by atoms with E-state index in [0.717, 1.165) is 0 Å². The number of halogens is 10. The third-order valence-corrected chi connectivity index (χ3v) is 4.18. The van der Waals surface area contributed by atoms with Crippen LogP contribution in [0.4, 0.5) is 43.9 Å². The maximum absolute atomic E-state index is 14.5. The second kappa shape index (κ2) is 7.25. The molecule has 0 aliphatic carbocycles. The molecule has 3 N–H and O–H groups in total. The van der Waals surface area contributed by atoms with Gasteiger partial charge in [0, 0.05) is 17.2 Å². The highest BCUT2D eigenvalue weighted by Crippen LogP contribution is 2.50. The van der Waals surface area contributed by atoms with Crippen LogP contribution in [0.2, 0.25) is 0 Å². The van der Waals surface area contributed by atoms with Crippen LogP contribution in [0.25, 0.3) is 22.3 Å². The fraction of sp³-hybridized carbons (Fsp3) is 0. The Morgan fingerprint density at radius 1 is 0.387 bits per heavy atom. The first-order valence-corrected chi connectivity index (χ1v) is 7.64. The maximum atomic E-state index is 14.5. The molecule has 0 radical (unpaired) electrons. The van der Waals surface area contributed by atoms with E-state index in [9.17, 15) is 59.2 Å². The molecular weight excluding hydrogens is 454 g/mol. The van der Waals surface area contributed by atoms with Crippen molar-refractivity contribution in [3.8, 4) is 39.5 Å². The molecule has 0 saturated carbocycles. The lowest BCUT2D eigenvalue weighted by Gasteiger charge is -2.18. The maximum Gasteiger partial charge on any atom is 0.204 e. The molecule has 0 fully saturated rings. The molecule has 0 heterocycles. The first-order valence-electron chi connectivity index (χ1n) is 7.64. The lowest BCUT2D eigenvalue weighted by Crippen LogP contribution is -2.06. The van der Waals surface area contributed by atoms with Gasteiger partial charge in [0.25, 0.3) is 0 Å². The van der Waals surface area contributed by atoms with Gasteiger partial charge in [0.1, 0.15) is 5.75 Å². The van der Waals surface area contributed by atoms with Crippen molar-refractivity contribution >= 4 is 0 Å². The van der Waals surface area contributed by atoms with Crippen LogP contribution in [0.1, 0.15) is 0 Å². The van der Waals surface area contributed by atoms with Crippen molar-refractivity contribution < 1.29 is 59.2 Å². The molecular formula is C18H4F10O3. The summed E-state index contributed by atoms with van der Waals surface area (Å²) in [6, 6.07) is -0.183. The Hall–Kier alpha value is -3.64. The number of aromatic hydroxyl groups is 3. The van der Waals surface area contributed by atoms with Crippen molar-refractivity contribution in [2.45, 2.75) is 0 Å². The van der Waals surface area contributed by atoms with E-state index < -0.39 is 97.7 Å². The van der Waals surface area contributed by atoms with Gasteiger partial charge in [-0.15, -0.1) is 0 Å². The molecule has 31 heavy (non-hydrogen) atoms. The zero-order chi connectivity index (χ0) is 23.5. The molecule has 13 heteroatoms. The number of hydrogen-bond acceptors (Lipinski definition) is 3. The Bertz CT molecular complexity index is 1210. The predicted octanol–water partition coefficient (Wildman–Crippen LogP) is 5.53. The summed E-state index contributed by atoms with van der Waals surface area (Å²) in [6.45, 7) is 0. The Kier molecular flexibility index (Phi) is 5.16. The second-order valence-electron chi connectivity index (χ2n) is 5.90. The number of hydrogen-bond donors (Lipinski definition) is 3. The molecule has 0 bridgehead atoms. The molecule has 0 saturated heterocycles. The van der Waals surface area contributed by atoms with E-state index >= 15 is 0 Å². The summed E-state index contributed by atoms with van der Waals surface area (Å²) in [4.78, 5) is 0. The Morgan fingerprint density at radius 3 is 1.16 bits per heavy atom. The highest BCUT2D eigenvalue weighted by molar-refractivity contribution is 5.92. The standard InChI is InChI=1S/C18H4F10O3/c19-2-1-3(29)4(6-9(21)11(23)13(25)15(27)17(6)30)5(8(2)20)7-10(22)12(24)14(26)16(28)18(7)31/h1,29-31H. The van der Waals surface area contributed by atoms with Gasteiger partial charge in [-0.25, -0.2) is 35.1 Å². The highest BCUT2D eigenvalue weighted by Gasteiger charge is 2.36. The fourth-order valence-electron chi connectivity index (χ4n) is 2.80. The molecule has 0 atom stereocenters. The number of phenols is 3. The molecule has 0 amide bonds. The first kappa shape index (κ1) is 22.1. The van der Waals surface area contributed by atoms with Gasteiger partial charge in [-0.1, -0.05) is 0 Å². The molecule has 0 aliphatic rings. The van der Waals surface area contributed by atoms with Crippen molar-refractivity contribution in [1.82, 2.24) is 0 Å². The molecule has 0 aromatic heterocycles. The van der Waals surface area contributed by atoms with Gasteiger partial charge in [0.2, 0.25) is 23.3 Å². The lowest BCUT2D eigenvalue weighted by molar-refractivity contribution is 0.365. The lowest BCUT2D eigenvalue weighted by atomic mass is 9.90. The van der Waals surface area contributed by atoms with E-state index in [1.165, 1.54) is 0 Å². The van der Waals surface area contributed by atoms with Gasteiger partial charge < -0.3 is 15.3 Å². The van der Waals surface area contributed by atoms with E-state index in [2.05, 4.69) is 0 Å². The van der Waals surface area contributed by atoms with Crippen molar-refractivity contribution in [3.63, 3.8) is 0 Å². The average Bonchev–Trinajstić information content (AvgIpc) is 2.73. The van der Waals surface area contributed by atoms with Crippen LogP contribution in [0.15, 0.2) is 6.07 Å². The van der Waals surface area contributed by atoms with Crippen LogP contribution in [-0.2, 0) is 0 Å². The number of phenolic OH excluding ortho intramolecular Hbond substituents is 3. The zero-order valence-electron chi connectivity index (χ0n) is 14.2. The van der Waals surface area contributed by atoms with Crippen LogP contribution in [0.5, 0.6) is 17.2 Å². The molecule has 0 spiro atoms. The van der Waals surface area contributed by atoms with E-state index in [4.69, 9.17) is 0 Å². The summed E-state index contributed by atoms with van der Waals surface area (Å²) < 4.78 is 138. The number of rotatable bonds is 2. The monoisotopic (exact) mass is 458 g/mol. The van der Waals surface area contributed by atoms with Crippen LogP contribution in [-0.4, -0.2) is 15.3 Å². The molecule has 0 unspecified atom stereocenters. The van der Waals surface area contributed by atoms with E-state index in [1.807, 2.05) is 0 Å². The second-order valence-corrected chi connectivity index (χ2v) is 5.90. The van der Waals surface area contributed by atoms with Gasteiger partial charge in [-0.3, -0.25) is 0 Å². The molecule has 3 aromatic rings. The number of benzene rings is 3. The van der Waals surface area contributed by atoms with E-state index in [0.29, 0.717) is 0 Å². The zero-order valence-corrected chi connectivity index (χ0v) is 14.2. The SMILES string of the molecule is Oc1cc(F)c(F)c(-c2c(O)c(F)c(F)c(F)c2F)c1-c1c(O)c(F)c(F)c(F)c1F. The van der Waals surface area contributed by atoms with Gasteiger partial charge in [-0.05, 0) is 0 Å². The topological polar surface area (TPSA) is 60.7 Å². The minimum atomic E-state index is -2.68. The Labute approximate surface area is 164 Å². The first-order chi connectivity index (χ1) is 14.3. The Balaban J connectivity index is 2.64. The minimum absolute atomic E-state index is 0.183. The summed E-state index contributed by atoms with van der Waals surface area (Å²) in [5, 5.41) is 29.2. The molecule has 3 rings (SSSR count). The third kappa shape index (κ3) is 2.99. The van der Waals surface area contributed by atoms with Gasteiger partial charge in [-0.2, -0.15) is 8.78 Å². The summed E-state index contributed by atoms with van der Waals surface area (Å²) in [7, 11) is 0. The quantitative estimate of drug-likeness (QED) is 0.269. The van der Waals surface area contributed by atoms with Crippen LogP contribution >= 0.6 is 0 Å². The summed E-state index contributed by atoms with van der Waals surface area (Å²) >= 11 is 0. The van der Waals surface area contributed by atoms with Crippen molar-refractivity contribution in [1.29, 1.82) is 0 Å². The smallest absolute Gasteiger partial charge is 0.204 e. The van der Waals surface area contributed by atoms with Gasteiger partial charge in [0.05, 0.1) is 11.1 Å². The average molecular weight is 458 g/mol. The van der Waals surface area contributed by atoms with E-state index in [-0.39, 0.29) is 6.07 Å². The molecule has 164 valence electrons. The van der Waals surface area contributed by atoms with Crippen LogP contribution in [0.3, 0.4) is 0 Å². The van der Waals surface area contributed by atoms with Crippen LogP contribution in [0, 0.1) is 58.2 Å². The third-order valence-electron chi connectivity index (χ3n) is 4.18. The molecule has 3 aromatic carbocycles. The summed E-state index contributed by atoms with van der Waals surface area (Å²) in [5.41, 5.74) is -7.73. The molecule has 3 nitrogen and oxygen atoms in total. The van der Waals surface area contributed by atoms with Crippen molar-refractivity contribution in [3.05, 3.63) is 64.2 Å². The predicted molar refractivity (Wildman–Crippen MR) is 81.9 cm³/mol. The van der Waals surface area contributed by atoms with Gasteiger partial charge >= 0.3 is 0 Å². The van der Waals surface area contributed by atoms with Crippen molar-refractivity contribution in [2.75, 3.05) is 0 Å². The normalized spacial score (nSPS) is 11.3. The van der Waals surface area contributed by atoms with Gasteiger partial charge in [0.15, 0.2) is 46.4 Å².